The second kappa shape index (κ2) is 6.56. The van der Waals surface area contributed by atoms with Crippen molar-refractivity contribution in [3.8, 4) is 11.8 Å². The highest BCUT2D eigenvalue weighted by atomic mass is 35.5. The van der Waals surface area contributed by atoms with Crippen LogP contribution >= 0.6 is 23.4 Å². The highest BCUT2D eigenvalue weighted by Gasteiger charge is 2.07. The number of nitrogens with zero attached hydrogens (tertiary/aromatic N) is 1. The zero-order chi connectivity index (χ0) is 14.5. The van der Waals surface area contributed by atoms with Crippen molar-refractivity contribution < 1.29 is 4.74 Å². The molecule has 0 saturated heterocycles. The van der Waals surface area contributed by atoms with E-state index in [9.17, 15) is 0 Å². The first-order valence-corrected chi connectivity index (χ1v) is 7.25. The molecule has 3 nitrogen and oxygen atoms in total. The molecule has 0 aromatic heterocycles. The Morgan fingerprint density at radius 2 is 2.10 bits per heavy atom. The standard InChI is InChI=1S/C15H13ClN2OS/c1-19-14-5-2-10(8-17)6-11(14)9-20-15-7-12(16)3-4-13(15)18/h2-7H,9,18H2,1H3. The fourth-order valence-corrected chi connectivity index (χ4v) is 2.97. The summed E-state index contributed by atoms with van der Waals surface area (Å²) < 4.78 is 5.31. The summed E-state index contributed by atoms with van der Waals surface area (Å²) in [5.41, 5.74) is 8.17. The van der Waals surface area contributed by atoms with Crippen molar-refractivity contribution in [1.82, 2.24) is 0 Å². The third-order valence-electron chi connectivity index (χ3n) is 2.77. The number of thioether (sulfide) groups is 1. The fourth-order valence-electron chi connectivity index (χ4n) is 1.75. The van der Waals surface area contributed by atoms with E-state index in [0.29, 0.717) is 22.0 Å². The highest BCUT2D eigenvalue weighted by Crippen LogP contribution is 2.33. The van der Waals surface area contributed by atoms with Gasteiger partial charge in [-0.3, -0.25) is 0 Å². The topological polar surface area (TPSA) is 59.0 Å². The van der Waals surface area contributed by atoms with E-state index < -0.39 is 0 Å². The van der Waals surface area contributed by atoms with Crippen LogP contribution in [0.4, 0.5) is 5.69 Å². The van der Waals surface area contributed by atoms with Crippen LogP contribution in [0.2, 0.25) is 5.02 Å². The second-order valence-corrected chi connectivity index (χ2v) is 5.56. The van der Waals surface area contributed by atoms with E-state index in [1.807, 2.05) is 12.1 Å². The first kappa shape index (κ1) is 14.6. The van der Waals surface area contributed by atoms with Crippen molar-refractivity contribution in [1.29, 1.82) is 5.26 Å². The van der Waals surface area contributed by atoms with Crippen LogP contribution in [0, 0.1) is 11.3 Å². The molecule has 0 aliphatic carbocycles. The summed E-state index contributed by atoms with van der Waals surface area (Å²) in [5, 5.41) is 9.61. The molecule has 0 saturated carbocycles. The van der Waals surface area contributed by atoms with Crippen LogP contribution in [0.25, 0.3) is 0 Å². The van der Waals surface area contributed by atoms with Gasteiger partial charge in [-0.2, -0.15) is 5.26 Å². The molecule has 0 heterocycles. The third-order valence-corrected chi connectivity index (χ3v) is 4.12. The Bertz CT molecular complexity index is 667. The largest absolute Gasteiger partial charge is 0.496 e. The molecule has 102 valence electrons. The molecule has 0 unspecified atom stereocenters. The lowest BCUT2D eigenvalue weighted by Crippen LogP contribution is -1.93. The van der Waals surface area contributed by atoms with Crippen LogP contribution in [0.3, 0.4) is 0 Å². The number of nitrogens with two attached hydrogens (primary N) is 1. The predicted molar refractivity (Wildman–Crippen MR) is 83.1 cm³/mol. The first-order valence-electron chi connectivity index (χ1n) is 5.89. The number of benzene rings is 2. The molecule has 2 rings (SSSR count). The van der Waals surface area contributed by atoms with E-state index in [4.69, 9.17) is 27.3 Å². The Hall–Kier alpha value is -1.83. The van der Waals surface area contributed by atoms with Gasteiger partial charge in [0, 0.05) is 26.9 Å². The van der Waals surface area contributed by atoms with Crippen molar-refractivity contribution in [2.24, 2.45) is 0 Å². The van der Waals surface area contributed by atoms with Gasteiger partial charge in [-0.15, -0.1) is 11.8 Å². The molecule has 0 spiro atoms. The predicted octanol–water partition coefficient (Wildman–Crippen LogP) is 4.09. The molecular weight excluding hydrogens is 292 g/mol. The Kier molecular flexibility index (Phi) is 4.78. The van der Waals surface area contributed by atoms with Crippen molar-refractivity contribution >= 4 is 29.1 Å². The lowest BCUT2D eigenvalue weighted by Gasteiger charge is -2.10. The molecule has 2 N–H and O–H groups in total. The summed E-state index contributed by atoms with van der Waals surface area (Å²) in [6.45, 7) is 0. The molecule has 2 aromatic carbocycles. The Labute approximate surface area is 127 Å². The Balaban J connectivity index is 2.22. The minimum absolute atomic E-state index is 0.612. The summed E-state index contributed by atoms with van der Waals surface area (Å²) in [4.78, 5) is 0.918. The molecule has 0 aliphatic rings. The van der Waals surface area contributed by atoms with E-state index >= 15 is 0 Å². The van der Waals surface area contributed by atoms with E-state index in [0.717, 1.165) is 16.2 Å². The van der Waals surface area contributed by atoms with Gasteiger partial charge in [0.15, 0.2) is 0 Å². The molecule has 0 atom stereocenters. The number of rotatable bonds is 4. The lowest BCUT2D eigenvalue weighted by atomic mass is 10.1. The number of hydrogen-bond acceptors (Lipinski definition) is 4. The zero-order valence-corrected chi connectivity index (χ0v) is 12.5. The van der Waals surface area contributed by atoms with Crippen LogP contribution < -0.4 is 10.5 Å². The van der Waals surface area contributed by atoms with Crippen molar-refractivity contribution in [3.63, 3.8) is 0 Å². The summed E-state index contributed by atoms with van der Waals surface area (Å²) in [6.07, 6.45) is 0. The highest BCUT2D eigenvalue weighted by molar-refractivity contribution is 7.98. The van der Waals surface area contributed by atoms with Crippen LogP contribution in [0.1, 0.15) is 11.1 Å². The van der Waals surface area contributed by atoms with Crippen molar-refractivity contribution in [3.05, 3.63) is 52.5 Å². The smallest absolute Gasteiger partial charge is 0.122 e. The number of halogens is 1. The van der Waals surface area contributed by atoms with Gasteiger partial charge in [0.05, 0.1) is 18.7 Å². The maximum Gasteiger partial charge on any atom is 0.122 e. The van der Waals surface area contributed by atoms with Gasteiger partial charge in [0.1, 0.15) is 5.75 Å². The average Bonchev–Trinajstić information content (AvgIpc) is 2.47. The Morgan fingerprint density at radius 1 is 1.30 bits per heavy atom. The number of nitrogen functional groups attached to an aromatic ring is 1. The van der Waals surface area contributed by atoms with E-state index in [1.54, 1.807) is 43.1 Å². The first-order chi connectivity index (χ1) is 9.63. The van der Waals surface area contributed by atoms with Gasteiger partial charge in [-0.1, -0.05) is 11.6 Å². The molecule has 0 radical (unpaired) electrons. The maximum atomic E-state index is 8.96. The average molecular weight is 305 g/mol. The SMILES string of the molecule is COc1ccc(C#N)cc1CSc1cc(Cl)ccc1N. The van der Waals surface area contributed by atoms with Gasteiger partial charge in [0.25, 0.3) is 0 Å². The van der Waals surface area contributed by atoms with Crippen LogP contribution in [0.5, 0.6) is 5.75 Å². The minimum Gasteiger partial charge on any atom is -0.496 e. The van der Waals surface area contributed by atoms with E-state index in [1.165, 1.54) is 0 Å². The van der Waals surface area contributed by atoms with E-state index in [2.05, 4.69) is 6.07 Å². The number of ether oxygens (including phenoxy) is 1. The van der Waals surface area contributed by atoms with Crippen LogP contribution in [-0.2, 0) is 5.75 Å². The minimum atomic E-state index is 0.612. The summed E-state index contributed by atoms with van der Waals surface area (Å²) in [5.74, 6) is 1.42. The number of nitriles is 1. The molecule has 5 heteroatoms. The summed E-state index contributed by atoms with van der Waals surface area (Å²) in [7, 11) is 1.61. The van der Waals surface area contributed by atoms with Gasteiger partial charge in [0.2, 0.25) is 0 Å². The van der Waals surface area contributed by atoms with Crippen molar-refractivity contribution in [2.45, 2.75) is 10.6 Å². The summed E-state index contributed by atoms with van der Waals surface area (Å²) >= 11 is 7.53. The normalized spacial score (nSPS) is 10.1. The van der Waals surface area contributed by atoms with E-state index in [-0.39, 0.29) is 0 Å². The quantitative estimate of drug-likeness (QED) is 0.682. The van der Waals surface area contributed by atoms with Crippen molar-refractivity contribution in [2.75, 3.05) is 12.8 Å². The number of hydrogen-bond donors (Lipinski definition) is 1. The number of anilines is 1. The summed E-state index contributed by atoms with van der Waals surface area (Å²) in [6, 6.07) is 12.9. The zero-order valence-electron chi connectivity index (χ0n) is 10.9. The van der Waals surface area contributed by atoms with Gasteiger partial charge >= 0.3 is 0 Å². The number of methoxy groups -OCH3 is 1. The van der Waals surface area contributed by atoms with Gasteiger partial charge in [-0.25, -0.2) is 0 Å². The molecule has 0 aliphatic heterocycles. The molecular formula is C15H13ClN2OS. The van der Waals surface area contributed by atoms with Crippen LogP contribution in [0.15, 0.2) is 41.3 Å². The lowest BCUT2D eigenvalue weighted by molar-refractivity contribution is 0.411. The third kappa shape index (κ3) is 3.38. The molecule has 0 bridgehead atoms. The Morgan fingerprint density at radius 3 is 2.80 bits per heavy atom. The molecule has 0 amide bonds. The maximum absolute atomic E-state index is 8.96. The monoisotopic (exact) mass is 304 g/mol. The second-order valence-electron chi connectivity index (χ2n) is 4.11. The van der Waals surface area contributed by atoms with Gasteiger partial charge in [-0.05, 0) is 36.4 Å². The fraction of sp³-hybridized carbons (Fsp3) is 0.133. The van der Waals surface area contributed by atoms with Crippen LogP contribution in [-0.4, -0.2) is 7.11 Å². The molecule has 2 aromatic rings. The molecule has 0 fully saturated rings. The molecule has 20 heavy (non-hydrogen) atoms. The van der Waals surface area contributed by atoms with Gasteiger partial charge < -0.3 is 10.5 Å².